The van der Waals surface area contributed by atoms with Gasteiger partial charge in [0.25, 0.3) is 5.85 Å². The molecule has 0 aromatic rings. The molecule has 0 N–H and O–H groups in total. The molecule has 12 heavy (non-hydrogen) atoms. The van der Waals surface area contributed by atoms with Crippen molar-refractivity contribution in [3.63, 3.8) is 0 Å². The van der Waals surface area contributed by atoms with E-state index < -0.39 is 12.0 Å². The van der Waals surface area contributed by atoms with Crippen LogP contribution in [0, 0.1) is 0 Å². The Hall–Kier alpha value is 0.0700. The summed E-state index contributed by atoms with van der Waals surface area (Å²) in [4.78, 5) is 0. The summed E-state index contributed by atoms with van der Waals surface area (Å²) in [5.74, 6) is -2.44. The van der Waals surface area contributed by atoms with Gasteiger partial charge in [-0.1, -0.05) is 11.6 Å². The molecule has 0 heterocycles. The van der Waals surface area contributed by atoms with Crippen molar-refractivity contribution in [3.8, 4) is 0 Å². The second-order valence-electron chi connectivity index (χ2n) is 2.29. The fraction of sp³-hybridized carbons (Fsp3) is 0.429. The molecule has 0 aromatic carbocycles. The molecule has 2 unspecified atom stereocenters. The van der Waals surface area contributed by atoms with Gasteiger partial charge in [0, 0.05) is 11.6 Å². The van der Waals surface area contributed by atoms with Crippen molar-refractivity contribution < 1.29 is 13.5 Å². The molecule has 0 saturated carbocycles. The lowest BCUT2D eigenvalue weighted by Crippen LogP contribution is -2.37. The molecular weight excluding hydrogens is 253 g/mol. The van der Waals surface area contributed by atoms with Gasteiger partial charge in [0.05, 0.1) is 5.03 Å². The fourth-order valence-electron chi connectivity index (χ4n) is 0.816. The lowest BCUT2D eigenvalue weighted by Gasteiger charge is -2.26. The van der Waals surface area contributed by atoms with Crippen LogP contribution in [0.15, 0.2) is 21.7 Å². The van der Waals surface area contributed by atoms with Crippen LogP contribution < -0.4 is 0 Å². The highest BCUT2D eigenvalue weighted by Crippen LogP contribution is 2.37. The van der Waals surface area contributed by atoms with E-state index in [1.54, 1.807) is 0 Å². The molecule has 0 saturated heterocycles. The first kappa shape index (κ1) is 10.2. The molecule has 2 atom stereocenters. The van der Waals surface area contributed by atoms with Crippen molar-refractivity contribution in [3.05, 3.63) is 21.7 Å². The van der Waals surface area contributed by atoms with Crippen molar-refractivity contribution in [2.24, 2.45) is 0 Å². The number of rotatable bonds is 1. The summed E-state index contributed by atoms with van der Waals surface area (Å²) in [7, 11) is 1.08. The standard InChI is InChI=1S/C7H6BrClF2O/c1-12-7(11)3-2-4(8)5(9)6(7)10/h2-3,6H,1H3. The lowest BCUT2D eigenvalue weighted by molar-refractivity contribution is -0.118. The molecule has 0 aliphatic heterocycles. The molecular formula is C7H6BrClF2O. The maximum Gasteiger partial charge on any atom is 0.265 e. The van der Waals surface area contributed by atoms with E-state index in [1.807, 2.05) is 0 Å². The third-order valence-electron chi connectivity index (χ3n) is 1.57. The Bertz CT molecular complexity index is 254. The van der Waals surface area contributed by atoms with Crippen LogP contribution in [0.3, 0.4) is 0 Å². The minimum Gasteiger partial charge on any atom is -0.344 e. The number of hydrogen-bond donors (Lipinski definition) is 0. The highest BCUT2D eigenvalue weighted by atomic mass is 79.9. The molecule has 1 rings (SSSR count). The van der Waals surface area contributed by atoms with Crippen LogP contribution in [0.5, 0.6) is 0 Å². The number of ether oxygens (including phenoxy) is 1. The van der Waals surface area contributed by atoms with E-state index in [1.165, 1.54) is 6.08 Å². The average molecular weight is 259 g/mol. The highest BCUT2D eigenvalue weighted by Gasteiger charge is 2.42. The van der Waals surface area contributed by atoms with Crippen LogP contribution in [-0.2, 0) is 4.74 Å². The number of allylic oxidation sites excluding steroid dienone is 2. The van der Waals surface area contributed by atoms with Crippen LogP contribution in [0.1, 0.15) is 0 Å². The first-order valence-corrected chi connectivity index (χ1v) is 4.31. The summed E-state index contributed by atoms with van der Waals surface area (Å²) in [5.41, 5.74) is 0. The van der Waals surface area contributed by atoms with Crippen LogP contribution in [0.25, 0.3) is 0 Å². The molecule has 0 fully saturated rings. The van der Waals surface area contributed by atoms with E-state index in [4.69, 9.17) is 11.6 Å². The van der Waals surface area contributed by atoms with E-state index in [-0.39, 0.29) is 5.03 Å². The molecule has 1 nitrogen and oxygen atoms in total. The fourth-order valence-corrected chi connectivity index (χ4v) is 1.36. The van der Waals surface area contributed by atoms with Gasteiger partial charge in [-0.05, 0) is 28.1 Å². The van der Waals surface area contributed by atoms with Crippen molar-refractivity contribution in [2.75, 3.05) is 7.11 Å². The molecule has 0 radical (unpaired) electrons. The zero-order valence-electron chi connectivity index (χ0n) is 6.15. The Kier molecular flexibility index (Phi) is 2.91. The summed E-state index contributed by atoms with van der Waals surface area (Å²) < 4.78 is 31.1. The SMILES string of the molecule is COC1(F)C=CC(Br)=C(Cl)C1F. The molecule has 68 valence electrons. The maximum atomic E-state index is 13.3. The minimum absolute atomic E-state index is 0.221. The van der Waals surface area contributed by atoms with Crippen LogP contribution in [-0.4, -0.2) is 19.1 Å². The van der Waals surface area contributed by atoms with E-state index in [0.29, 0.717) is 4.48 Å². The Labute approximate surface area is 82.2 Å². The molecule has 0 amide bonds. The Morgan fingerprint density at radius 3 is 2.83 bits per heavy atom. The van der Waals surface area contributed by atoms with Gasteiger partial charge in [0.15, 0.2) is 6.17 Å². The Morgan fingerprint density at radius 1 is 1.75 bits per heavy atom. The first-order chi connectivity index (χ1) is 5.51. The van der Waals surface area contributed by atoms with Crippen LogP contribution in [0.4, 0.5) is 8.78 Å². The van der Waals surface area contributed by atoms with E-state index in [9.17, 15) is 8.78 Å². The maximum absolute atomic E-state index is 13.3. The first-order valence-electron chi connectivity index (χ1n) is 3.14. The quantitative estimate of drug-likeness (QED) is 0.703. The predicted molar refractivity (Wildman–Crippen MR) is 46.7 cm³/mol. The van der Waals surface area contributed by atoms with E-state index >= 15 is 0 Å². The normalized spacial score (nSPS) is 35.9. The van der Waals surface area contributed by atoms with Gasteiger partial charge in [-0.3, -0.25) is 0 Å². The summed E-state index contributed by atoms with van der Waals surface area (Å²) in [5, 5.41) is -0.221. The second-order valence-corrected chi connectivity index (χ2v) is 3.56. The van der Waals surface area contributed by atoms with Crippen molar-refractivity contribution in [1.29, 1.82) is 0 Å². The summed E-state index contributed by atoms with van der Waals surface area (Å²) in [6, 6.07) is 0. The van der Waals surface area contributed by atoms with Gasteiger partial charge in [-0.15, -0.1) is 0 Å². The summed E-state index contributed by atoms with van der Waals surface area (Å²) in [6.45, 7) is 0. The van der Waals surface area contributed by atoms with Gasteiger partial charge in [-0.25, -0.2) is 8.78 Å². The van der Waals surface area contributed by atoms with Crippen molar-refractivity contribution in [1.82, 2.24) is 0 Å². The van der Waals surface area contributed by atoms with Gasteiger partial charge < -0.3 is 4.74 Å². The Balaban J connectivity index is 2.99. The third kappa shape index (κ3) is 1.56. The summed E-state index contributed by atoms with van der Waals surface area (Å²) >= 11 is 8.44. The Morgan fingerprint density at radius 2 is 2.33 bits per heavy atom. The third-order valence-corrected chi connectivity index (χ3v) is 2.88. The zero-order valence-corrected chi connectivity index (χ0v) is 8.49. The molecule has 0 spiro atoms. The zero-order chi connectivity index (χ0) is 9.35. The van der Waals surface area contributed by atoms with Gasteiger partial charge >= 0.3 is 0 Å². The van der Waals surface area contributed by atoms with Crippen LogP contribution >= 0.6 is 27.5 Å². The minimum atomic E-state index is -2.44. The molecule has 0 bridgehead atoms. The average Bonchev–Trinajstić information content (AvgIpc) is 2.09. The molecule has 1 aliphatic rings. The van der Waals surface area contributed by atoms with Crippen LogP contribution in [0.2, 0.25) is 0 Å². The smallest absolute Gasteiger partial charge is 0.265 e. The van der Waals surface area contributed by atoms with E-state index in [2.05, 4.69) is 20.7 Å². The number of hydrogen-bond acceptors (Lipinski definition) is 1. The summed E-state index contributed by atoms with van der Waals surface area (Å²) in [6.07, 6.45) is 0.332. The van der Waals surface area contributed by atoms with E-state index in [0.717, 1.165) is 13.2 Å². The van der Waals surface area contributed by atoms with Gasteiger partial charge in [0.1, 0.15) is 0 Å². The largest absolute Gasteiger partial charge is 0.344 e. The monoisotopic (exact) mass is 258 g/mol. The lowest BCUT2D eigenvalue weighted by atomic mass is 10.1. The highest BCUT2D eigenvalue weighted by molar-refractivity contribution is 9.12. The van der Waals surface area contributed by atoms with Gasteiger partial charge in [0.2, 0.25) is 0 Å². The number of methoxy groups -OCH3 is 1. The second kappa shape index (κ2) is 3.44. The van der Waals surface area contributed by atoms with Crippen molar-refractivity contribution in [2.45, 2.75) is 12.0 Å². The topological polar surface area (TPSA) is 9.23 Å². The predicted octanol–water partition coefficient (Wildman–Crippen LogP) is 3.05. The van der Waals surface area contributed by atoms with Gasteiger partial charge in [-0.2, -0.15) is 0 Å². The molecule has 1 aliphatic carbocycles. The molecule has 5 heteroatoms. The number of alkyl halides is 2. The number of halogens is 4. The molecule has 0 aromatic heterocycles. The van der Waals surface area contributed by atoms with Crippen molar-refractivity contribution >= 4 is 27.5 Å².